The number of hydrogen-bond acceptors (Lipinski definition) is 5. The van der Waals surface area contributed by atoms with E-state index in [0.717, 1.165) is 5.56 Å². The third kappa shape index (κ3) is 4.30. The van der Waals surface area contributed by atoms with Gasteiger partial charge >= 0.3 is 12.0 Å². The molecule has 0 aliphatic carbocycles. The third-order valence-electron chi connectivity index (χ3n) is 2.96. The second kappa shape index (κ2) is 6.80. The Morgan fingerprint density at radius 3 is 2.35 bits per heavy atom. The zero-order chi connectivity index (χ0) is 17.0. The molecule has 1 aromatic heterocycles. The number of sulfonamides is 1. The first-order chi connectivity index (χ1) is 10.8. The molecule has 9 heteroatoms. The van der Waals surface area contributed by atoms with E-state index >= 15 is 0 Å². The standard InChI is InChI=1S/C14H14N2O5S2/c1-9-2-4-11(5-3-9)23(20,21)16-14(19)15-12(13(17)18)10-6-7-22-8-10/h2-8,12H,1H3,(H,17,18)(H2,15,16,19). The molecular formula is C14H14N2O5S2. The molecule has 0 aliphatic rings. The fourth-order valence-corrected chi connectivity index (χ4v) is 3.39. The number of thiophene rings is 1. The quantitative estimate of drug-likeness (QED) is 0.759. The van der Waals surface area contributed by atoms with Gasteiger partial charge in [0, 0.05) is 0 Å². The molecule has 3 N–H and O–H groups in total. The van der Waals surface area contributed by atoms with Gasteiger partial charge in [-0.3, -0.25) is 0 Å². The van der Waals surface area contributed by atoms with Gasteiger partial charge in [0.05, 0.1) is 4.90 Å². The molecule has 0 saturated heterocycles. The molecule has 0 fully saturated rings. The molecule has 1 atom stereocenters. The Balaban J connectivity index is 2.11. The second-order valence-corrected chi connectivity index (χ2v) is 7.18. The number of carbonyl (C=O) groups excluding carboxylic acids is 1. The fraction of sp³-hybridized carbons (Fsp3) is 0.143. The van der Waals surface area contributed by atoms with Crippen LogP contribution in [0.4, 0.5) is 4.79 Å². The summed E-state index contributed by atoms with van der Waals surface area (Å²) in [5, 5.41) is 14.5. The van der Waals surface area contributed by atoms with Crippen molar-refractivity contribution in [1.29, 1.82) is 0 Å². The summed E-state index contributed by atoms with van der Waals surface area (Å²) in [6, 6.07) is 5.02. The van der Waals surface area contributed by atoms with Gasteiger partial charge in [-0.05, 0) is 41.4 Å². The van der Waals surface area contributed by atoms with E-state index in [2.05, 4.69) is 5.32 Å². The van der Waals surface area contributed by atoms with Crippen LogP contribution < -0.4 is 10.0 Å². The number of benzene rings is 1. The second-order valence-electron chi connectivity index (χ2n) is 4.72. The maximum Gasteiger partial charge on any atom is 0.330 e. The van der Waals surface area contributed by atoms with Gasteiger partial charge in [-0.2, -0.15) is 11.3 Å². The van der Waals surface area contributed by atoms with Crippen LogP contribution in [0.25, 0.3) is 0 Å². The molecule has 0 bridgehead atoms. The van der Waals surface area contributed by atoms with Crippen LogP contribution in [0.1, 0.15) is 17.2 Å². The van der Waals surface area contributed by atoms with Crippen LogP contribution in [-0.2, 0) is 14.8 Å². The molecule has 1 unspecified atom stereocenters. The molecule has 23 heavy (non-hydrogen) atoms. The number of amides is 2. The van der Waals surface area contributed by atoms with Gasteiger partial charge in [-0.15, -0.1) is 0 Å². The van der Waals surface area contributed by atoms with Gasteiger partial charge in [-0.25, -0.2) is 22.7 Å². The van der Waals surface area contributed by atoms with E-state index in [-0.39, 0.29) is 4.90 Å². The van der Waals surface area contributed by atoms with Crippen LogP contribution in [0.2, 0.25) is 0 Å². The molecule has 2 aromatic rings. The first-order valence-electron chi connectivity index (χ1n) is 6.44. The minimum absolute atomic E-state index is 0.0827. The SMILES string of the molecule is Cc1ccc(S(=O)(=O)NC(=O)NC(C(=O)O)c2ccsc2)cc1. The van der Waals surface area contributed by atoms with Crippen molar-refractivity contribution in [2.75, 3.05) is 0 Å². The maximum atomic E-state index is 12.1. The number of aryl methyl sites for hydroxylation is 1. The topological polar surface area (TPSA) is 113 Å². The molecule has 0 aliphatic heterocycles. The molecule has 0 spiro atoms. The van der Waals surface area contributed by atoms with Gasteiger partial charge in [0.1, 0.15) is 0 Å². The van der Waals surface area contributed by atoms with Crippen LogP contribution in [0.3, 0.4) is 0 Å². The summed E-state index contributed by atoms with van der Waals surface area (Å²) < 4.78 is 26.0. The first kappa shape index (κ1) is 17.0. The Morgan fingerprint density at radius 1 is 1.17 bits per heavy atom. The van der Waals surface area contributed by atoms with E-state index in [1.54, 1.807) is 34.5 Å². The van der Waals surface area contributed by atoms with Gasteiger partial charge in [0.25, 0.3) is 10.0 Å². The van der Waals surface area contributed by atoms with Crippen LogP contribution in [0.15, 0.2) is 46.0 Å². The maximum absolute atomic E-state index is 12.1. The van der Waals surface area contributed by atoms with Crippen molar-refractivity contribution in [1.82, 2.24) is 10.0 Å². The molecule has 122 valence electrons. The lowest BCUT2D eigenvalue weighted by Gasteiger charge is -2.14. The van der Waals surface area contributed by atoms with E-state index in [9.17, 15) is 18.0 Å². The normalized spacial score (nSPS) is 12.4. The summed E-state index contributed by atoms with van der Waals surface area (Å²) in [4.78, 5) is 23.0. The van der Waals surface area contributed by atoms with Crippen molar-refractivity contribution in [2.24, 2.45) is 0 Å². The van der Waals surface area contributed by atoms with Crippen molar-refractivity contribution in [2.45, 2.75) is 17.9 Å². The van der Waals surface area contributed by atoms with Gasteiger partial charge < -0.3 is 10.4 Å². The first-order valence-corrected chi connectivity index (χ1v) is 8.87. The van der Waals surface area contributed by atoms with Gasteiger partial charge in [0.15, 0.2) is 6.04 Å². The summed E-state index contributed by atoms with van der Waals surface area (Å²) in [5.41, 5.74) is 1.24. The van der Waals surface area contributed by atoms with Crippen molar-refractivity contribution >= 4 is 33.4 Å². The number of carbonyl (C=O) groups is 2. The molecule has 1 heterocycles. The molecule has 2 amide bonds. The van der Waals surface area contributed by atoms with E-state index in [0.29, 0.717) is 5.56 Å². The number of carboxylic acids is 1. The van der Waals surface area contributed by atoms with Crippen LogP contribution >= 0.6 is 11.3 Å². The summed E-state index contributed by atoms with van der Waals surface area (Å²) in [5.74, 6) is -1.29. The highest BCUT2D eigenvalue weighted by atomic mass is 32.2. The predicted molar refractivity (Wildman–Crippen MR) is 84.7 cm³/mol. The number of nitrogens with one attached hydrogen (secondary N) is 2. The van der Waals surface area contributed by atoms with Crippen LogP contribution in [-0.4, -0.2) is 25.5 Å². The molecule has 0 saturated carbocycles. The monoisotopic (exact) mass is 354 g/mol. The Labute approximate surface area is 137 Å². The van der Waals surface area contributed by atoms with E-state index < -0.39 is 28.1 Å². The van der Waals surface area contributed by atoms with Crippen molar-refractivity contribution in [3.05, 3.63) is 52.2 Å². The summed E-state index contributed by atoms with van der Waals surface area (Å²) in [6.07, 6.45) is 0. The van der Waals surface area contributed by atoms with Crippen LogP contribution in [0, 0.1) is 6.92 Å². The lowest BCUT2D eigenvalue weighted by Crippen LogP contribution is -2.43. The molecule has 7 nitrogen and oxygen atoms in total. The molecule has 2 rings (SSSR count). The zero-order valence-electron chi connectivity index (χ0n) is 12.0. The number of rotatable bonds is 5. The Morgan fingerprint density at radius 2 is 1.83 bits per heavy atom. The number of hydrogen-bond donors (Lipinski definition) is 3. The largest absolute Gasteiger partial charge is 0.479 e. The highest BCUT2D eigenvalue weighted by Crippen LogP contribution is 2.17. The highest BCUT2D eigenvalue weighted by Gasteiger charge is 2.25. The highest BCUT2D eigenvalue weighted by molar-refractivity contribution is 7.90. The van der Waals surface area contributed by atoms with Crippen molar-refractivity contribution in [3.63, 3.8) is 0 Å². The van der Waals surface area contributed by atoms with Crippen molar-refractivity contribution in [3.8, 4) is 0 Å². The minimum Gasteiger partial charge on any atom is -0.479 e. The third-order valence-corrected chi connectivity index (χ3v) is 5.01. The minimum atomic E-state index is -4.07. The number of carboxylic acid groups (broad SMARTS) is 1. The average Bonchev–Trinajstić information content (AvgIpc) is 2.98. The zero-order valence-corrected chi connectivity index (χ0v) is 13.6. The van der Waals surface area contributed by atoms with E-state index in [1.807, 2.05) is 0 Å². The summed E-state index contributed by atoms with van der Waals surface area (Å²) in [6.45, 7) is 1.80. The summed E-state index contributed by atoms with van der Waals surface area (Å²) >= 11 is 1.27. The number of urea groups is 1. The lowest BCUT2D eigenvalue weighted by molar-refractivity contribution is -0.139. The van der Waals surface area contributed by atoms with E-state index in [1.165, 1.54) is 29.5 Å². The fourth-order valence-electron chi connectivity index (χ4n) is 1.79. The Bertz CT molecular complexity index is 798. The smallest absolute Gasteiger partial charge is 0.330 e. The van der Waals surface area contributed by atoms with Crippen LogP contribution in [0.5, 0.6) is 0 Å². The molecule has 0 radical (unpaired) electrons. The molecular weight excluding hydrogens is 340 g/mol. The number of aliphatic carboxylic acids is 1. The average molecular weight is 354 g/mol. The van der Waals surface area contributed by atoms with E-state index in [4.69, 9.17) is 5.11 Å². The lowest BCUT2D eigenvalue weighted by atomic mass is 10.1. The predicted octanol–water partition coefficient (Wildman–Crippen LogP) is 1.87. The van der Waals surface area contributed by atoms with Gasteiger partial charge in [0.2, 0.25) is 0 Å². The van der Waals surface area contributed by atoms with Gasteiger partial charge in [-0.1, -0.05) is 17.7 Å². The molecule has 1 aromatic carbocycles. The summed E-state index contributed by atoms with van der Waals surface area (Å²) in [7, 11) is -4.07. The Hall–Kier alpha value is -2.39. The van der Waals surface area contributed by atoms with Crippen molar-refractivity contribution < 1.29 is 23.1 Å². The Kier molecular flexibility index (Phi) is 5.02.